The standard InChI is InChI=1S/C33H56N2O2/c1-3-4-5-6-7-8-9-10-11-12-13-14-15-16-17-20-28-37-32-23-21-22-31(29-32)30-33(36)34-24-27-35(2)25-18-19-26-35/h10-11,21-23,29H,3-9,12-20,24-28,30H2,1-2H3/p+1/b11-10-. The van der Waals surface area contributed by atoms with Gasteiger partial charge in [-0.05, 0) is 49.8 Å². The van der Waals surface area contributed by atoms with Gasteiger partial charge in [0.05, 0.1) is 46.3 Å². The minimum absolute atomic E-state index is 0.108. The van der Waals surface area contributed by atoms with Gasteiger partial charge in [-0.2, -0.15) is 0 Å². The molecular formula is C33H57N2O2+. The fraction of sp³-hybridized carbons (Fsp3) is 0.727. The van der Waals surface area contributed by atoms with E-state index in [-0.39, 0.29) is 5.91 Å². The summed E-state index contributed by atoms with van der Waals surface area (Å²) >= 11 is 0. The van der Waals surface area contributed by atoms with Gasteiger partial charge in [-0.15, -0.1) is 0 Å². The Morgan fingerprint density at radius 2 is 1.51 bits per heavy atom. The number of nitrogens with zero attached hydrogens (tertiary/aromatic N) is 1. The number of quaternary nitrogens is 1. The van der Waals surface area contributed by atoms with E-state index in [9.17, 15) is 4.79 Å². The average Bonchev–Trinajstić information content (AvgIpc) is 3.32. The molecule has 0 atom stereocenters. The molecule has 1 aliphatic rings. The zero-order chi connectivity index (χ0) is 26.4. The number of carbonyl (C=O) groups excluding carboxylic acids is 1. The highest BCUT2D eigenvalue weighted by Gasteiger charge is 2.26. The Bertz CT molecular complexity index is 740. The van der Waals surface area contributed by atoms with Gasteiger partial charge in [0.15, 0.2) is 0 Å². The molecule has 1 N–H and O–H groups in total. The number of amides is 1. The van der Waals surface area contributed by atoms with Gasteiger partial charge in [0.2, 0.25) is 5.91 Å². The summed E-state index contributed by atoms with van der Waals surface area (Å²) in [6.07, 6.45) is 26.3. The summed E-state index contributed by atoms with van der Waals surface area (Å²) in [4.78, 5) is 12.4. The topological polar surface area (TPSA) is 38.3 Å². The summed E-state index contributed by atoms with van der Waals surface area (Å²) in [5.41, 5.74) is 1.03. The first kappa shape index (κ1) is 31.4. The van der Waals surface area contributed by atoms with E-state index in [1.807, 2.05) is 24.3 Å². The van der Waals surface area contributed by atoms with Gasteiger partial charge in [0.1, 0.15) is 5.75 Å². The lowest BCUT2D eigenvalue weighted by Crippen LogP contribution is -2.46. The van der Waals surface area contributed by atoms with Crippen LogP contribution in [-0.4, -0.2) is 50.2 Å². The van der Waals surface area contributed by atoms with Crippen molar-refractivity contribution in [3.05, 3.63) is 42.0 Å². The van der Waals surface area contributed by atoms with Crippen molar-refractivity contribution in [2.75, 3.05) is 39.8 Å². The van der Waals surface area contributed by atoms with Crippen molar-refractivity contribution in [1.29, 1.82) is 0 Å². The van der Waals surface area contributed by atoms with Crippen LogP contribution in [0.3, 0.4) is 0 Å². The molecule has 1 aliphatic heterocycles. The van der Waals surface area contributed by atoms with Crippen LogP contribution in [0.2, 0.25) is 0 Å². The number of hydrogen-bond donors (Lipinski definition) is 1. The van der Waals surface area contributed by atoms with Crippen molar-refractivity contribution in [2.24, 2.45) is 0 Å². The quantitative estimate of drug-likeness (QED) is 0.0969. The normalized spacial score (nSPS) is 14.9. The summed E-state index contributed by atoms with van der Waals surface area (Å²) in [7, 11) is 2.30. The summed E-state index contributed by atoms with van der Waals surface area (Å²) in [6, 6.07) is 8.04. The number of rotatable bonds is 22. The maximum absolute atomic E-state index is 12.4. The van der Waals surface area contributed by atoms with Crippen LogP contribution in [0.1, 0.15) is 115 Å². The molecule has 1 aromatic rings. The van der Waals surface area contributed by atoms with Crippen LogP contribution in [0.15, 0.2) is 36.4 Å². The highest BCUT2D eigenvalue weighted by molar-refractivity contribution is 5.78. The van der Waals surface area contributed by atoms with E-state index in [2.05, 4.69) is 31.4 Å². The molecule has 2 rings (SSSR count). The lowest BCUT2D eigenvalue weighted by Gasteiger charge is -2.29. The fourth-order valence-electron chi connectivity index (χ4n) is 5.32. The van der Waals surface area contributed by atoms with E-state index < -0.39 is 0 Å². The highest BCUT2D eigenvalue weighted by atomic mass is 16.5. The number of benzene rings is 1. The zero-order valence-corrected chi connectivity index (χ0v) is 24.3. The van der Waals surface area contributed by atoms with Gasteiger partial charge in [-0.25, -0.2) is 0 Å². The van der Waals surface area contributed by atoms with E-state index >= 15 is 0 Å². The molecule has 4 nitrogen and oxygen atoms in total. The van der Waals surface area contributed by atoms with Gasteiger partial charge in [0.25, 0.3) is 0 Å². The molecule has 1 saturated heterocycles. The molecule has 1 heterocycles. The maximum atomic E-state index is 12.4. The predicted molar refractivity (Wildman–Crippen MR) is 158 cm³/mol. The molecule has 1 fully saturated rings. The first-order valence-electron chi connectivity index (χ1n) is 15.6. The first-order chi connectivity index (χ1) is 18.1. The Morgan fingerprint density at radius 3 is 2.19 bits per heavy atom. The van der Waals surface area contributed by atoms with Crippen LogP contribution in [0.25, 0.3) is 0 Å². The Morgan fingerprint density at radius 1 is 0.892 bits per heavy atom. The van der Waals surface area contributed by atoms with E-state index in [0.29, 0.717) is 6.42 Å². The SMILES string of the molecule is CCCCCCCC/C=C\CCCCCCCCOc1cccc(CC(=O)NCC[N+]2(C)CCCC2)c1. The third-order valence-corrected chi connectivity index (χ3v) is 7.81. The minimum atomic E-state index is 0.108. The van der Waals surface area contributed by atoms with Crippen LogP contribution in [0.5, 0.6) is 5.75 Å². The summed E-state index contributed by atoms with van der Waals surface area (Å²) in [6.45, 7) is 7.32. The summed E-state index contributed by atoms with van der Waals surface area (Å²) in [5.74, 6) is 0.990. The second kappa shape index (κ2) is 20.2. The molecule has 0 unspecified atom stereocenters. The molecule has 210 valence electrons. The lowest BCUT2D eigenvalue weighted by molar-refractivity contribution is -0.896. The molecule has 1 aromatic carbocycles. The number of allylic oxidation sites excluding steroid dienone is 2. The van der Waals surface area contributed by atoms with Gasteiger partial charge in [0, 0.05) is 12.8 Å². The van der Waals surface area contributed by atoms with Gasteiger partial charge in [-0.3, -0.25) is 4.79 Å². The molecule has 4 heteroatoms. The molecule has 0 bridgehead atoms. The average molecular weight is 514 g/mol. The smallest absolute Gasteiger partial charge is 0.224 e. The number of carbonyl (C=O) groups is 1. The molecule has 0 spiro atoms. The van der Waals surface area contributed by atoms with Gasteiger partial charge >= 0.3 is 0 Å². The van der Waals surface area contributed by atoms with Crippen LogP contribution in [-0.2, 0) is 11.2 Å². The third-order valence-electron chi connectivity index (χ3n) is 7.81. The minimum Gasteiger partial charge on any atom is -0.494 e. The number of unbranched alkanes of at least 4 members (excludes halogenated alkanes) is 12. The number of hydrogen-bond acceptors (Lipinski definition) is 2. The van der Waals surface area contributed by atoms with E-state index in [0.717, 1.165) is 41.9 Å². The van der Waals surface area contributed by atoms with Crippen molar-refractivity contribution >= 4 is 5.91 Å². The molecule has 0 radical (unpaired) electrons. The lowest BCUT2D eigenvalue weighted by atomic mass is 10.1. The van der Waals surface area contributed by atoms with Crippen LogP contribution in [0.4, 0.5) is 0 Å². The van der Waals surface area contributed by atoms with Crippen molar-refractivity contribution in [1.82, 2.24) is 5.32 Å². The number of ether oxygens (including phenoxy) is 1. The van der Waals surface area contributed by atoms with Crippen molar-refractivity contribution in [3.63, 3.8) is 0 Å². The zero-order valence-electron chi connectivity index (χ0n) is 24.3. The number of likely N-dealkylation sites (N-methyl/N-ethyl adjacent to an activating group) is 1. The molecule has 0 aliphatic carbocycles. The molecule has 0 saturated carbocycles. The van der Waals surface area contributed by atoms with Crippen LogP contribution in [0, 0.1) is 0 Å². The summed E-state index contributed by atoms with van der Waals surface area (Å²) < 4.78 is 7.06. The van der Waals surface area contributed by atoms with Crippen LogP contribution < -0.4 is 10.1 Å². The van der Waals surface area contributed by atoms with Gasteiger partial charge in [-0.1, -0.05) is 89.0 Å². The third kappa shape index (κ3) is 15.9. The first-order valence-corrected chi connectivity index (χ1v) is 15.6. The molecule has 0 aromatic heterocycles. The molecule has 37 heavy (non-hydrogen) atoms. The second-order valence-corrected chi connectivity index (χ2v) is 11.5. The van der Waals surface area contributed by atoms with Crippen LogP contribution >= 0.6 is 0 Å². The van der Waals surface area contributed by atoms with E-state index in [1.54, 1.807) is 0 Å². The number of nitrogens with one attached hydrogen (secondary N) is 1. The molecular weight excluding hydrogens is 456 g/mol. The Labute approximate surface area is 228 Å². The highest BCUT2D eigenvalue weighted by Crippen LogP contribution is 2.16. The maximum Gasteiger partial charge on any atom is 0.224 e. The Balaban J connectivity index is 1.42. The van der Waals surface area contributed by atoms with Gasteiger partial charge < -0.3 is 14.5 Å². The van der Waals surface area contributed by atoms with Crippen molar-refractivity contribution < 1.29 is 14.0 Å². The van der Waals surface area contributed by atoms with Crippen molar-refractivity contribution in [2.45, 2.75) is 116 Å². The fourth-order valence-corrected chi connectivity index (χ4v) is 5.32. The Kier molecular flexibility index (Phi) is 17.1. The Hall–Kier alpha value is -1.81. The monoisotopic (exact) mass is 513 g/mol. The molecule has 1 amide bonds. The van der Waals surface area contributed by atoms with Crippen molar-refractivity contribution in [3.8, 4) is 5.75 Å². The summed E-state index contributed by atoms with van der Waals surface area (Å²) in [5, 5.41) is 3.11. The van der Waals surface area contributed by atoms with E-state index in [4.69, 9.17) is 4.74 Å². The number of likely N-dealkylation sites (tertiary alicyclic amines) is 1. The second-order valence-electron chi connectivity index (χ2n) is 11.5. The largest absolute Gasteiger partial charge is 0.494 e. The predicted octanol–water partition coefficient (Wildman–Crippen LogP) is 8.00. The van der Waals surface area contributed by atoms with E-state index in [1.165, 1.54) is 109 Å².